The highest BCUT2D eigenvalue weighted by atomic mass is 16.3. The molecule has 1 aromatic rings. The van der Waals surface area contributed by atoms with Gasteiger partial charge in [-0.15, -0.1) is 0 Å². The normalized spacial score (nSPS) is 18.9. The molecule has 1 fully saturated rings. The molecule has 0 aliphatic heterocycles. The lowest BCUT2D eigenvalue weighted by Crippen LogP contribution is -2.11. The van der Waals surface area contributed by atoms with Gasteiger partial charge in [-0.2, -0.15) is 0 Å². The molecule has 0 radical (unpaired) electrons. The van der Waals surface area contributed by atoms with Crippen molar-refractivity contribution in [2.24, 2.45) is 5.92 Å². The van der Waals surface area contributed by atoms with Gasteiger partial charge in [-0.1, -0.05) is 45.0 Å². The standard InChI is InChI=1S/C14H20O/c1-14(2,3)12-8-6-11(7-9-12)13(15)10-4-5-10/h6-10,13,15H,4-5H2,1-3H3. The van der Waals surface area contributed by atoms with E-state index in [1.807, 2.05) is 0 Å². The minimum Gasteiger partial charge on any atom is -0.388 e. The summed E-state index contributed by atoms with van der Waals surface area (Å²) in [6.45, 7) is 6.62. The van der Waals surface area contributed by atoms with E-state index in [4.69, 9.17) is 0 Å². The van der Waals surface area contributed by atoms with Crippen molar-refractivity contribution in [3.05, 3.63) is 35.4 Å². The Labute approximate surface area is 92.1 Å². The average molecular weight is 204 g/mol. The van der Waals surface area contributed by atoms with Crippen LogP contribution in [0.2, 0.25) is 0 Å². The van der Waals surface area contributed by atoms with Gasteiger partial charge >= 0.3 is 0 Å². The predicted octanol–water partition coefficient (Wildman–Crippen LogP) is 3.43. The Balaban J connectivity index is 2.16. The van der Waals surface area contributed by atoms with E-state index < -0.39 is 0 Å². The molecule has 1 aromatic carbocycles. The molecule has 0 spiro atoms. The van der Waals surface area contributed by atoms with E-state index in [1.165, 1.54) is 18.4 Å². The fourth-order valence-corrected chi connectivity index (χ4v) is 1.86. The van der Waals surface area contributed by atoms with Crippen LogP contribution in [0.3, 0.4) is 0 Å². The lowest BCUT2D eigenvalue weighted by atomic mass is 9.86. The lowest BCUT2D eigenvalue weighted by Gasteiger charge is -2.20. The smallest absolute Gasteiger partial charge is 0.0818 e. The van der Waals surface area contributed by atoms with Gasteiger partial charge in [0, 0.05) is 0 Å². The van der Waals surface area contributed by atoms with Crippen LogP contribution in [-0.4, -0.2) is 5.11 Å². The molecule has 1 nitrogen and oxygen atoms in total. The molecule has 82 valence electrons. The van der Waals surface area contributed by atoms with Crippen molar-refractivity contribution < 1.29 is 5.11 Å². The highest BCUT2D eigenvalue weighted by molar-refractivity contribution is 5.29. The molecule has 1 heteroatoms. The first-order valence-corrected chi connectivity index (χ1v) is 5.77. The van der Waals surface area contributed by atoms with Crippen LogP contribution in [0, 0.1) is 5.92 Å². The van der Waals surface area contributed by atoms with Gasteiger partial charge in [0.05, 0.1) is 6.10 Å². The molecule has 1 aliphatic rings. The summed E-state index contributed by atoms with van der Waals surface area (Å²) in [4.78, 5) is 0. The molecular weight excluding hydrogens is 184 g/mol. The first-order valence-electron chi connectivity index (χ1n) is 5.77. The third-order valence-electron chi connectivity index (χ3n) is 3.19. The van der Waals surface area contributed by atoms with Crippen molar-refractivity contribution in [3.8, 4) is 0 Å². The number of rotatable bonds is 2. The Hall–Kier alpha value is -0.820. The zero-order valence-corrected chi connectivity index (χ0v) is 9.83. The van der Waals surface area contributed by atoms with Gasteiger partial charge in [-0.05, 0) is 35.3 Å². The predicted molar refractivity (Wildman–Crippen MR) is 62.8 cm³/mol. The van der Waals surface area contributed by atoms with Crippen molar-refractivity contribution >= 4 is 0 Å². The van der Waals surface area contributed by atoms with E-state index in [2.05, 4.69) is 45.0 Å². The highest BCUT2D eigenvalue weighted by Gasteiger charge is 2.30. The summed E-state index contributed by atoms with van der Waals surface area (Å²) in [5, 5.41) is 9.95. The van der Waals surface area contributed by atoms with Gasteiger partial charge in [-0.25, -0.2) is 0 Å². The van der Waals surface area contributed by atoms with Crippen LogP contribution >= 0.6 is 0 Å². The summed E-state index contributed by atoms with van der Waals surface area (Å²) >= 11 is 0. The van der Waals surface area contributed by atoms with Crippen LogP contribution in [0.5, 0.6) is 0 Å². The van der Waals surface area contributed by atoms with Gasteiger partial charge in [0.15, 0.2) is 0 Å². The summed E-state index contributed by atoms with van der Waals surface area (Å²) in [7, 11) is 0. The Bertz CT molecular complexity index is 327. The molecule has 2 rings (SSSR count). The second-order valence-corrected chi connectivity index (χ2v) is 5.65. The van der Waals surface area contributed by atoms with E-state index in [-0.39, 0.29) is 11.5 Å². The Morgan fingerprint density at radius 2 is 1.67 bits per heavy atom. The third-order valence-corrected chi connectivity index (χ3v) is 3.19. The first-order chi connectivity index (χ1) is 6.98. The molecule has 0 saturated heterocycles. The van der Waals surface area contributed by atoms with E-state index in [0.717, 1.165) is 5.56 Å². The minimum absolute atomic E-state index is 0.197. The molecule has 15 heavy (non-hydrogen) atoms. The SMILES string of the molecule is CC(C)(C)c1ccc(C(O)C2CC2)cc1. The number of aliphatic hydroxyl groups is 1. The largest absolute Gasteiger partial charge is 0.388 e. The van der Waals surface area contributed by atoms with Crippen LogP contribution in [0.4, 0.5) is 0 Å². The molecule has 1 N–H and O–H groups in total. The molecule has 1 atom stereocenters. The summed E-state index contributed by atoms with van der Waals surface area (Å²) < 4.78 is 0. The monoisotopic (exact) mass is 204 g/mol. The number of aliphatic hydroxyl groups excluding tert-OH is 1. The Morgan fingerprint density at radius 3 is 2.07 bits per heavy atom. The van der Waals surface area contributed by atoms with E-state index in [0.29, 0.717) is 5.92 Å². The maximum absolute atomic E-state index is 9.95. The highest BCUT2D eigenvalue weighted by Crippen LogP contribution is 2.41. The average Bonchev–Trinajstić information content (AvgIpc) is 2.99. The second kappa shape index (κ2) is 3.64. The van der Waals surface area contributed by atoms with Crippen LogP contribution < -0.4 is 0 Å². The zero-order valence-electron chi connectivity index (χ0n) is 9.83. The zero-order chi connectivity index (χ0) is 11.1. The minimum atomic E-state index is -0.237. The van der Waals surface area contributed by atoms with Crippen molar-refractivity contribution in [2.45, 2.75) is 45.1 Å². The molecule has 0 heterocycles. The quantitative estimate of drug-likeness (QED) is 0.782. The van der Waals surface area contributed by atoms with Gasteiger partial charge in [0.2, 0.25) is 0 Å². The molecule has 0 bridgehead atoms. The van der Waals surface area contributed by atoms with E-state index in [1.54, 1.807) is 0 Å². The lowest BCUT2D eigenvalue weighted by molar-refractivity contribution is 0.154. The summed E-state index contributed by atoms with van der Waals surface area (Å²) in [6.07, 6.45) is 2.13. The topological polar surface area (TPSA) is 20.2 Å². The first kappa shape index (κ1) is 10.7. The van der Waals surface area contributed by atoms with Crippen molar-refractivity contribution in [1.82, 2.24) is 0 Å². The molecule has 0 aromatic heterocycles. The fraction of sp³-hybridized carbons (Fsp3) is 0.571. The van der Waals surface area contributed by atoms with Gasteiger partial charge in [0.1, 0.15) is 0 Å². The number of hydrogen-bond donors (Lipinski definition) is 1. The van der Waals surface area contributed by atoms with Crippen molar-refractivity contribution in [3.63, 3.8) is 0 Å². The Kier molecular flexibility index (Phi) is 2.59. The van der Waals surface area contributed by atoms with Gasteiger partial charge in [0.25, 0.3) is 0 Å². The summed E-state index contributed by atoms with van der Waals surface area (Å²) in [5.74, 6) is 0.519. The van der Waals surface area contributed by atoms with Crippen LogP contribution in [0.25, 0.3) is 0 Å². The van der Waals surface area contributed by atoms with E-state index in [9.17, 15) is 5.11 Å². The molecule has 1 saturated carbocycles. The molecule has 1 unspecified atom stereocenters. The maximum atomic E-state index is 9.95. The number of benzene rings is 1. The second-order valence-electron chi connectivity index (χ2n) is 5.65. The molecule has 1 aliphatic carbocycles. The summed E-state index contributed by atoms with van der Waals surface area (Å²) in [6, 6.07) is 8.43. The molecule has 0 amide bonds. The Morgan fingerprint density at radius 1 is 1.13 bits per heavy atom. The summed E-state index contributed by atoms with van der Waals surface area (Å²) in [5.41, 5.74) is 2.60. The maximum Gasteiger partial charge on any atom is 0.0818 e. The number of hydrogen-bond acceptors (Lipinski definition) is 1. The van der Waals surface area contributed by atoms with E-state index >= 15 is 0 Å². The fourth-order valence-electron chi connectivity index (χ4n) is 1.86. The van der Waals surface area contributed by atoms with Crippen molar-refractivity contribution in [2.75, 3.05) is 0 Å². The third kappa shape index (κ3) is 2.40. The van der Waals surface area contributed by atoms with Gasteiger partial charge < -0.3 is 5.11 Å². The molecular formula is C14H20O. The van der Waals surface area contributed by atoms with Crippen molar-refractivity contribution in [1.29, 1.82) is 0 Å². The van der Waals surface area contributed by atoms with Crippen LogP contribution in [-0.2, 0) is 5.41 Å². The van der Waals surface area contributed by atoms with Crippen LogP contribution in [0.15, 0.2) is 24.3 Å². The van der Waals surface area contributed by atoms with Gasteiger partial charge in [-0.3, -0.25) is 0 Å². The van der Waals surface area contributed by atoms with Crippen LogP contribution in [0.1, 0.15) is 50.8 Å².